The summed E-state index contributed by atoms with van der Waals surface area (Å²) in [5.41, 5.74) is 3.12. The number of nitrogens with zero attached hydrogens (tertiary/aromatic N) is 1. The number of thiazole rings is 1. The number of benzene rings is 1. The molecule has 1 aromatic carbocycles. The van der Waals surface area contributed by atoms with Crippen LogP contribution in [0.2, 0.25) is 0 Å². The molecule has 2 heterocycles. The van der Waals surface area contributed by atoms with Gasteiger partial charge in [-0.2, -0.15) is 0 Å². The molecule has 0 saturated carbocycles. The van der Waals surface area contributed by atoms with Crippen molar-refractivity contribution in [1.82, 2.24) is 10.3 Å². The lowest BCUT2D eigenvalue weighted by Gasteiger charge is -2.22. The van der Waals surface area contributed by atoms with Gasteiger partial charge in [-0.25, -0.2) is 0 Å². The highest BCUT2D eigenvalue weighted by Gasteiger charge is 2.17. The van der Waals surface area contributed by atoms with E-state index in [2.05, 4.69) is 29.4 Å². The van der Waals surface area contributed by atoms with Gasteiger partial charge in [0.1, 0.15) is 13.2 Å². The number of fused-ring (bicyclic) bond motifs is 1. The molecule has 0 saturated heterocycles. The first-order valence-electron chi connectivity index (χ1n) is 7.37. The van der Waals surface area contributed by atoms with Crippen LogP contribution in [0.25, 0.3) is 0 Å². The van der Waals surface area contributed by atoms with Crippen molar-refractivity contribution in [3.8, 4) is 11.5 Å². The maximum atomic E-state index is 5.69. The molecule has 2 aromatic rings. The Balaban J connectivity index is 1.81. The molecule has 0 radical (unpaired) electrons. The second-order valence-electron chi connectivity index (χ2n) is 5.08. The van der Waals surface area contributed by atoms with E-state index in [0.717, 1.165) is 30.9 Å². The lowest BCUT2D eigenvalue weighted by Crippen LogP contribution is -2.24. The van der Waals surface area contributed by atoms with E-state index in [4.69, 9.17) is 9.47 Å². The first kappa shape index (κ1) is 14.4. The van der Waals surface area contributed by atoms with E-state index in [1.54, 1.807) is 11.3 Å². The van der Waals surface area contributed by atoms with Crippen molar-refractivity contribution in [2.45, 2.75) is 25.8 Å². The van der Waals surface area contributed by atoms with Gasteiger partial charge >= 0.3 is 0 Å². The summed E-state index contributed by atoms with van der Waals surface area (Å²) in [6, 6.07) is 6.52. The van der Waals surface area contributed by atoms with Crippen LogP contribution in [0, 0.1) is 0 Å². The third-order valence-corrected chi connectivity index (χ3v) is 4.30. The van der Waals surface area contributed by atoms with E-state index >= 15 is 0 Å². The Morgan fingerprint density at radius 1 is 1.29 bits per heavy atom. The molecule has 0 aliphatic carbocycles. The van der Waals surface area contributed by atoms with Crippen LogP contribution >= 0.6 is 11.3 Å². The Morgan fingerprint density at radius 3 is 2.90 bits per heavy atom. The summed E-state index contributed by atoms with van der Waals surface area (Å²) >= 11 is 1.70. The van der Waals surface area contributed by atoms with Gasteiger partial charge in [-0.3, -0.25) is 4.98 Å². The highest BCUT2D eigenvalue weighted by atomic mass is 32.1. The van der Waals surface area contributed by atoms with Gasteiger partial charge in [-0.1, -0.05) is 13.0 Å². The SMILES string of the molecule is CCCNC(Cc1cncs1)c1ccc2c(c1)OCCO2. The quantitative estimate of drug-likeness (QED) is 0.890. The number of rotatable bonds is 6. The summed E-state index contributed by atoms with van der Waals surface area (Å²) in [5.74, 6) is 1.70. The smallest absolute Gasteiger partial charge is 0.161 e. The van der Waals surface area contributed by atoms with E-state index in [1.165, 1.54) is 10.4 Å². The molecule has 0 spiro atoms. The van der Waals surface area contributed by atoms with E-state index < -0.39 is 0 Å². The van der Waals surface area contributed by atoms with Gasteiger partial charge in [-0.05, 0) is 30.7 Å². The molecule has 1 aliphatic rings. The monoisotopic (exact) mass is 304 g/mol. The van der Waals surface area contributed by atoms with Crippen LogP contribution in [-0.2, 0) is 6.42 Å². The van der Waals surface area contributed by atoms with Crippen molar-refractivity contribution in [1.29, 1.82) is 0 Å². The minimum atomic E-state index is 0.279. The minimum Gasteiger partial charge on any atom is -0.486 e. The van der Waals surface area contributed by atoms with E-state index in [1.807, 2.05) is 17.8 Å². The number of aromatic nitrogens is 1. The Bertz CT molecular complexity index is 572. The molecule has 4 nitrogen and oxygen atoms in total. The number of ether oxygens (including phenoxy) is 2. The molecule has 1 aromatic heterocycles. The van der Waals surface area contributed by atoms with Crippen LogP contribution in [-0.4, -0.2) is 24.7 Å². The average Bonchev–Trinajstić information content (AvgIpc) is 3.04. The van der Waals surface area contributed by atoms with Gasteiger partial charge in [0.15, 0.2) is 11.5 Å². The second kappa shape index (κ2) is 6.91. The third-order valence-electron chi connectivity index (χ3n) is 3.50. The summed E-state index contributed by atoms with van der Waals surface area (Å²) in [6.45, 7) is 4.43. The molecule has 1 aliphatic heterocycles. The van der Waals surface area contributed by atoms with Gasteiger partial charge in [-0.15, -0.1) is 11.3 Å². The van der Waals surface area contributed by atoms with Gasteiger partial charge in [0, 0.05) is 23.5 Å². The molecule has 5 heteroatoms. The fraction of sp³-hybridized carbons (Fsp3) is 0.438. The van der Waals surface area contributed by atoms with Crippen molar-refractivity contribution in [3.63, 3.8) is 0 Å². The molecule has 0 amide bonds. The molecule has 3 rings (SSSR count). The maximum Gasteiger partial charge on any atom is 0.161 e. The Kier molecular flexibility index (Phi) is 4.72. The maximum absolute atomic E-state index is 5.69. The Morgan fingerprint density at radius 2 is 2.14 bits per heavy atom. The standard InChI is InChI=1S/C16H20N2O2S/c1-2-5-18-14(9-13-10-17-11-21-13)12-3-4-15-16(8-12)20-7-6-19-15/h3-4,8,10-11,14,18H,2,5-7,9H2,1H3. The van der Waals surface area contributed by atoms with Crippen LogP contribution in [0.15, 0.2) is 29.9 Å². The zero-order valence-corrected chi connectivity index (χ0v) is 13.0. The van der Waals surface area contributed by atoms with E-state index in [9.17, 15) is 0 Å². The summed E-state index contributed by atoms with van der Waals surface area (Å²) in [5, 5.41) is 3.61. The molecule has 1 atom stereocenters. The van der Waals surface area contributed by atoms with Crippen molar-refractivity contribution < 1.29 is 9.47 Å². The van der Waals surface area contributed by atoms with Gasteiger partial charge in [0.05, 0.1) is 5.51 Å². The highest BCUT2D eigenvalue weighted by molar-refractivity contribution is 7.09. The van der Waals surface area contributed by atoms with E-state index in [0.29, 0.717) is 13.2 Å². The summed E-state index contributed by atoms with van der Waals surface area (Å²) in [7, 11) is 0. The fourth-order valence-corrected chi connectivity index (χ4v) is 3.09. The number of nitrogens with one attached hydrogen (secondary N) is 1. The first-order chi connectivity index (χ1) is 10.4. The van der Waals surface area contributed by atoms with Crippen molar-refractivity contribution >= 4 is 11.3 Å². The molecule has 0 bridgehead atoms. The molecule has 21 heavy (non-hydrogen) atoms. The van der Waals surface area contributed by atoms with Crippen LogP contribution < -0.4 is 14.8 Å². The third kappa shape index (κ3) is 3.54. The summed E-state index contributed by atoms with van der Waals surface area (Å²) in [4.78, 5) is 5.46. The molecule has 1 unspecified atom stereocenters. The Hall–Kier alpha value is -1.59. The predicted molar refractivity (Wildman–Crippen MR) is 84.3 cm³/mol. The van der Waals surface area contributed by atoms with Crippen molar-refractivity contribution in [2.24, 2.45) is 0 Å². The lowest BCUT2D eigenvalue weighted by atomic mass is 10.0. The summed E-state index contributed by atoms with van der Waals surface area (Å²) in [6.07, 6.45) is 4.01. The van der Waals surface area contributed by atoms with Crippen LogP contribution in [0.3, 0.4) is 0 Å². The van der Waals surface area contributed by atoms with Crippen LogP contribution in [0.1, 0.15) is 29.8 Å². The highest BCUT2D eigenvalue weighted by Crippen LogP contribution is 2.33. The van der Waals surface area contributed by atoms with Crippen LogP contribution in [0.4, 0.5) is 0 Å². The average molecular weight is 304 g/mol. The number of hydrogen-bond donors (Lipinski definition) is 1. The van der Waals surface area contributed by atoms with Gasteiger partial charge < -0.3 is 14.8 Å². The first-order valence-corrected chi connectivity index (χ1v) is 8.25. The molecular formula is C16H20N2O2S. The zero-order valence-electron chi connectivity index (χ0n) is 12.2. The molecule has 1 N–H and O–H groups in total. The van der Waals surface area contributed by atoms with Crippen molar-refractivity contribution in [3.05, 3.63) is 40.3 Å². The summed E-state index contributed by atoms with van der Waals surface area (Å²) < 4.78 is 11.3. The van der Waals surface area contributed by atoms with Gasteiger partial charge in [0.25, 0.3) is 0 Å². The zero-order chi connectivity index (χ0) is 14.5. The minimum absolute atomic E-state index is 0.279. The predicted octanol–water partition coefficient (Wildman–Crippen LogP) is 3.20. The van der Waals surface area contributed by atoms with Crippen LogP contribution in [0.5, 0.6) is 11.5 Å². The number of hydrogen-bond acceptors (Lipinski definition) is 5. The molecule has 112 valence electrons. The normalized spacial score (nSPS) is 14.9. The van der Waals surface area contributed by atoms with E-state index in [-0.39, 0.29) is 6.04 Å². The largest absolute Gasteiger partial charge is 0.486 e. The Labute approximate surface area is 129 Å². The lowest BCUT2D eigenvalue weighted by molar-refractivity contribution is 0.171. The fourth-order valence-electron chi connectivity index (χ4n) is 2.45. The van der Waals surface area contributed by atoms with Crippen molar-refractivity contribution in [2.75, 3.05) is 19.8 Å². The molecular weight excluding hydrogens is 284 g/mol. The second-order valence-corrected chi connectivity index (χ2v) is 6.05. The van der Waals surface area contributed by atoms with Gasteiger partial charge in [0.2, 0.25) is 0 Å². The topological polar surface area (TPSA) is 43.4 Å². The molecule has 0 fully saturated rings.